The summed E-state index contributed by atoms with van der Waals surface area (Å²) in [5.41, 5.74) is 0. The van der Waals surface area contributed by atoms with Gasteiger partial charge in [0, 0.05) is 18.0 Å². The lowest BCUT2D eigenvalue weighted by atomic mass is 10.0. The van der Waals surface area contributed by atoms with Gasteiger partial charge in [0.25, 0.3) is 0 Å². The van der Waals surface area contributed by atoms with Gasteiger partial charge in [0.05, 0.1) is 16.3 Å². The summed E-state index contributed by atoms with van der Waals surface area (Å²) >= 11 is 1.43. The van der Waals surface area contributed by atoms with Crippen LogP contribution in [-0.2, 0) is 19.9 Å². The average Bonchev–Trinajstić information content (AvgIpc) is 2.99. The molecule has 0 radical (unpaired) electrons. The van der Waals surface area contributed by atoms with Crippen LogP contribution in [0.2, 0.25) is 0 Å². The number of sulfonamides is 1. The Morgan fingerprint density at radius 2 is 1.83 bits per heavy atom. The fourth-order valence-electron chi connectivity index (χ4n) is 3.55. The number of sulfone groups is 1. The molecule has 130 valence electrons. The van der Waals surface area contributed by atoms with E-state index in [4.69, 9.17) is 0 Å². The van der Waals surface area contributed by atoms with E-state index in [0.717, 1.165) is 24.1 Å². The second-order valence-electron chi connectivity index (χ2n) is 6.36. The smallest absolute Gasteiger partial charge is 0.217 e. The quantitative estimate of drug-likeness (QED) is 0.812. The van der Waals surface area contributed by atoms with Gasteiger partial charge in [-0.1, -0.05) is 25.3 Å². The Kier molecular flexibility index (Phi) is 5.15. The minimum Gasteiger partial charge on any atom is -0.228 e. The molecule has 0 N–H and O–H groups in total. The summed E-state index contributed by atoms with van der Waals surface area (Å²) in [7, 11) is -6.68. The highest BCUT2D eigenvalue weighted by atomic mass is 32.2. The summed E-state index contributed by atoms with van der Waals surface area (Å²) < 4.78 is 52.2. The Morgan fingerprint density at radius 3 is 2.48 bits per heavy atom. The van der Waals surface area contributed by atoms with Crippen LogP contribution in [0.5, 0.6) is 0 Å². The first-order valence-corrected chi connectivity index (χ1v) is 12.2. The first kappa shape index (κ1) is 17.4. The van der Waals surface area contributed by atoms with Gasteiger partial charge < -0.3 is 0 Å². The van der Waals surface area contributed by atoms with Crippen LogP contribution >= 0.6 is 11.3 Å². The van der Waals surface area contributed by atoms with Crippen LogP contribution < -0.4 is 0 Å². The van der Waals surface area contributed by atoms with Crippen molar-refractivity contribution < 1.29 is 16.8 Å². The van der Waals surface area contributed by atoms with Crippen molar-refractivity contribution in [2.24, 2.45) is 0 Å². The predicted molar refractivity (Wildman–Crippen MR) is 92.8 cm³/mol. The van der Waals surface area contributed by atoms with E-state index in [1.54, 1.807) is 0 Å². The lowest BCUT2D eigenvalue weighted by molar-refractivity contribution is 0.399. The zero-order valence-corrected chi connectivity index (χ0v) is 15.5. The first-order valence-electron chi connectivity index (χ1n) is 8.15. The van der Waals surface area contributed by atoms with E-state index >= 15 is 0 Å². The summed E-state index contributed by atoms with van der Waals surface area (Å²) in [6.07, 6.45) is 4.78. The van der Waals surface area contributed by atoms with Crippen LogP contribution in [0, 0.1) is 0 Å². The van der Waals surface area contributed by atoms with E-state index in [1.165, 1.54) is 15.6 Å². The third kappa shape index (κ3) is 3.65. The van der Waals surface area contributed by atoms with Crippen molar-refractivity contribution in [2.75, 3.05) is 18.8 Å². The Hall–Kier alpha value is -0.440. The number of thiophene rings is 1. The summed E-state index contributed by atoms with van der Waals surface area (Å²) in [5.74, 6) is -0.0818. The molecule has 23 heavy (non-hydrogen) atoms. The molecule has 1 saturated carbocycles. The third-order valence-electron chi connectivity index (χ3n) is 4.89. The van der Waals surface area contributed by atoms with Crippen molar-refractivity contribution in [2.45, 2.75) is 49.0 Å². The molecule has 5 nitrogen and oxygen atoms in total. The van der Waals surface area contributed by atoms with Crippen LogP contribution in [-0.4, -0.2) is 45.2 Å². The van der Waals surface area contributed by atoms with E-state index in [-0.39, 0.29) is 17.5 Å². The molecule has 1 aliphatic heterocycles. The van der Waals surface area contributed by atoms with Gasteiger partial charge in [0.2, 0.25) is 10.0 Å². The molecule has 1 unspecified atom stereocenters. The van der Waals surface area contributed by atoms with Crippen molar-refractivity contribution in [1.82, 2.24) is 4.31 Å². The predicted octanol–water partition coefficient (Wildman–Crippen LogP) is 2.57. The summed E-state index contributed by atoms with van der Waals surface area (Å²) in [6, 6.07) is 3.68. The van der Waals surface area contributed by atoms with Gasteiger partial charge in [-0.2, -0.15) is 0 Å². The van der Waals surface area contributed by atoms with Crippen LogP contribution in [0.1, 0.15) is 48.7 Å². The zero-order valence-electron chi connectivity index (χ0n) is 13.1. The summed E-state index contributed by atoms with van der Waals surface area (Å²) in [4.78, 5) is 0.821. The third-order valence-corrected chi connectivity index (χ3v) is 10.5. The fraction of sp³-hybridized carbons (Fsp3) is 0.733. The Labute approximate surface area is 142 Å². The van der Waals surface area contributed by atoms with Crippen LogP contribution in [0.4, 0.5) is 0 Å². The van der Waals surface area contributed by atoms with Crippen molar-refractivity contribution >= 4 is 31.2 Å². The van der Waals surface area contributed by atoms with Gasteiger partial charge in [0.15, 0.2) is 9.84 Å². The Bertz CT molecular complexity index is 719. The molecule has 8 heteroatoms. The van der Waals surface area contributed by atoms with Crippen LogP contribution in [0.3, 0.4) is 0 Å². The van der Waals surface area contributed by atoms with Crippen LogP contribution in [0.25, 0.3) is 0 Å². The highest BCUT2D eigenvalue weighted by molar-refractivity contribution is 7.92. The molecular formula is C15H23NO4S3. The summed E-state index contributed by atoms with van der Waals surface area (Å²) in [5, 5.41) is 0.984. The lowest BCUT2D eigenvalue weighted by Crippen LogP contribution is -2.41. The SMILES string of the molecule is O=S1(=O)CCN(S(=O)(=O)C2CCCCC2)CCC1c1cccs1. The molecule has 3 rings (SSSR count). The molecule has 1 aliphatic carbocycles. The maximum absolute atomic E-state index is 12.8. The Morgan fingerprint density at radius 1 is 1.09 bits per heavy atom. The molecule has 1 atom stereocenters. The maximum atomic E-state index is 12.8. The van der Waals surface area contributed by atoms with E-state index < -0.39 is 25.1 Å². The second-order valence-corrected chi connectivity index (χ2v) is 11.9. The van der Waals surface area contributed by atoms with Crippen molar-refractivity contribution in [3.05, 3.63) is 22.4 Å². The molecule has 1 aromatic rings. The maximum Gasteiger partial charge on any atom is 0.217 e. The Balaban J connectivity index is 1.80. The van der Waals surface area contributed by atoms with Gasteiger partial charge >= 0.3 is 0 Å². The minimum absolute atomic E-state index is 0.0818. The second kappa shape index (κ2) is 6.82. The summed E-state index contributed by atoms with van der Waals surface area (Å²) in [6.45, 7) is 0.406. The number of hydrogen-bond acceptors (Lipinski definition) is 5. The standard InChI is InChI=1S/C15H23NO4S3/c17-22(18)12-10-16(9-8-15(22)14-7-4-11-21-14)23(19,20)13-5-2-1-3-6-13/h4,7,11,13,15H,1-3,5-6,8-10,12H2. The highest BCUT2D eigenvalue weighted by Gasteiger charge is 2.38. The normalized spacial score (nSPS) is 27.6. The van der Waals surface area contributed by atoms with Gasteiger partial charge in [-0.3, -0.25) is 0 Å². The van der Waals surface area contributed by atoms with Crippen molar-refractivity contribution in [3.8, 4) is 0 Å². The molecule has 2 heterocycles. The van der Waals surface area contributed by atoms with E-state index in [2.05, 4.69) is 0 Å². The van der Waals surface area contributed by atoms with Crippen molar-refractivity contribution in [3.63, 3.8) is 0 Å². The molecular weight excluding hydrogens is 354 g/mol. The van der Waals surface area contributed by atoms with Crippen LogP contribution in [0.15, 0.2) is 17.5 Å². The van der Waals surface area contributed by atoms with Crippen molar-refractivity contribution in [1.29, 1.82) is 0 Å². The van der Waals surface area contributed by atoms with Gasteiger partial charge in [-0.05, 0) is 30.7 Å². The molecule has 0 spiro atoms. The number of nitrogens with zero attached hydrogens (tertiary/aromatic N) is 1. The van der Waals surface area contributed by atoms with E-state index in [9.17, 15) is 16.8 Å². The van der Waals surface area contributed by atoms with E-state index in [1.807, 2.05) is 17.5 Å². The molecule has 0 amide bonds. The highest BCUT2D eigenvalue weighted by Crippen LogP contribution is 2.34. The molecule has 2 aliphatic rings. The van der Waals surface area contributed by atoms with E-state index in [0.29, 0.717) is 25.8 Å². The van der Waals surface area contributed by atoms with Gasteiger partial charge in [-0.15, -0.1) is 11.3 Å². The number of rotatable bonds is 3. The fourth-order valence-corrected chi connectivity index (χ4v) is 8.72. The minimum atomic E-state index is -3.38. The van der Waals surface area contributed by atoms with Gasteiger partial charge in [0.1, 0.15) is 0 Å². The molecule has 0 bridgehead atoms. The average molecular weight is 378 g/mol. The molecule has 0 aromatic carbocycles. The molecule has 2 fully saturated rings. The van der Waals surface area contributed by atoms with Gasteiger partial charge in [-0.25, -0.2) is 21.1 Å². The zero-order chi connectivity index (χ0) is 16.5. The monoisotopic (exact) mass is 377 g/mol. The first-order chi connectivity index (χ1) is 10.9. The molecule has 1 saturated heterocycles. The largest absolute Gasteiger partial charge is 0.228 e. The molecule has 1 aromatic heterocycles. The topological polar surface area (TPSA) is 71.5 Å². The lowest BCUT2D eigenvalue weighted by Gasteiger charge is -2.28. The number of hydrogen-bond donors (Lipinski definition) is 0.